The van der Waals surface area contributed by atoms with Gasteiger partial charge in [-0.15, -0.1) is 0 Å². The Labute approximate surface area is 72.7 Å². The third-order valence-electron chi connectivity index (χ3n) is 1.63. The predicted molar refractivity (Wildman–Crippen MR) is 49.8 cm³/mol. The Hall–Kier alpha value is -1.35. The van der Waals surface area contributed by atoms with Crippen molar-refractivity contribution in [3.8, 4) is 5.75 Å². The van der Waals surface area contributed by atoms with Crippen LogP contribution in [-0.2, 0) is 0 Å². The van der Waals surface area contributed by atoms with Crippen molar-refractivity contribution in [3.05, 3.63) is 39.9 Å². The van der Waals surface area contributed by atoms with E-state index in [0.29, 0.717) is 0 Å². The standard InChI is InChI=1S/C9H6O2S/c10-7-5-9(11)12-8-4-2-1-3-6(7)8/h1-5,10H. The second kappa shape index (κ2) is 2.60. The Morgan fingerprint density at radius 3 is 2.83 bits per heavy atom. The van der Waals surface area contributed by atoms with E-state index in [1.807, 2.05) is 18.2 Å². The molecule has 1 heterocycles. The first kappa shape index (κ1) is 7.31. The van der Waals surface area contributed by atoms with Gasteiger partial charge >= 0.3 is 0 Å². The van der Waals surface area contributed by atoms with Gasteiger partial charge in [-0.2, -0.15) is 0 Å². The van der Waals surface area contributed by atoms with E-state index in [0.717, 1.165) is 21.4 Å². The van der Waals surface area contributed by atoms with Crippen LogP contribution in [0.15, 0.2) is 35.1 Å². The maximum Gasteiger partial charge on any atom is 0.236 e. The van der Waals surface area contributed by atoms with Gasteiger partial charge in [0, 0.05) is 16.2 Å². The van der Waals surface area contributed by atoms with Crippen molar-refractivity contribution in [2.45, 2.75) is 0 Å². The van der Waals surface area contributed by atoms with E-state index in [4.69, 9.17) is 0 Å². The Kier molecular flexibility index (Phi) is 1.59. The maximum absolute atomic E-state index is 11.0. The molecule has 0 aliphatic carbocycles. The van der Waals surface area contributed by atoms with Crippen LogP contribution in [0.4, 0.5) is 0 Å². The van der Waals surface area contributed by atoms with E-state index in [2.05, 4.69) is 0 Å². The molecule has 12 heavy (non-hydrogen) atoms. The van der Waals surface area contributed by atoms with Crippen LogP contribution in [0.25, 0.3) is 10.1 Å². The number of hydrogen-bond acceptors (Lipinski definition) is 3. The minimum atomic E-state index is -0.119. The molecular formula is C9H6O2S. The molecule has 60 valence electrons. The molecule has 2 nitrogen and oxygen atoms in total. The van der Waals surface area contributed by atoms with Crippen LogP contribution in [0, 0.1) is 0 Å². The zero-order chi connectivity index (χ0) is 8.55. The zero-order valence-electron chi connectivity index (χ0n) is 6.15. The molecule has 3 heteroatoms. The predicted octanol–water partition coefficient (Wildman–Crippen LogP) is 1.97. The molecule has 0 saturated heterocycles. The van der Waals surface area contributed by atoms with Crippen LogP contribution in [0.3, 0.4) is 0 Å². The first-order valence-corrected chi connectivity index (χ1v) is 4.31. The molecule has 1 aromatic carbocycles. The Morgan fingerprint density at radius 1 is 1.25 bits per heavy atom. The zero-order valence-corrected chi connectivity index (χ0v) is 6.97. The maximum atomic E-state index is 11.0. The molecule has 2 aromatic rings. The number of rotatable bonds is 0. The topological polar surface area (TPSA) is 37.3 Å². The molecule has 1 N–H and O–H groups in total. The van der Waals surface area contributed by atoms with Crippen molar-refractivity contribution in [2.24, 2.45) is 0 Å². The Balaban J connectivity index is 2.99. The van der Waals surface area contributed by atoms with Crippen molar-refractivity contribution in [1.29, 1.82) is 0 Å². The lowest BCUT2D eigenvalue weighted by molar-refractivity contribution is 0.481. The quantitative estimate of drug-likeness (QED) is 0.669. The molecule has 0 atom stereocenters. The van der Waals surface area contributed by atoms with Crippen molar-refractivity contribution < 1.29 is 5.11 Å². The van der Waals surface area contributed by atoms with Crippen LogP contribution in [0.5, 0.6) is 5.75 Å². The summed E-state index contributed by atoms with van der Waals surface area (Å²) in [5.74, 6) is 0.0642. The van der Waals surface area contributed by atoms with Gasteiger partial charge < -0.3 is 5.11 Å². The molecule has 1 aromatic heterocycles. The second-order valence-electron chi connectivity index (χ2n) is 2.45. The van der Waals surface area contributed by atoms with Gasteiger partial charge in [-0.3, -0.25) is 4.79 Å². The van der Waals surface area contributed by atoms with Gasteiger partial charge in [0.1, 0.15) is 5.75 Å². The fraction of sp³-hybridized carbons (Fsp3) is 0. The smallest absolute Gasteiger partial charge is 0.236 e. The minimum absolute atomic E-state index is 0.0642. The van der Waals surface area contributed by atoms with Gasteiger partial charge in [-0.25, -0.2) is 0 Å². The van der Waals surface area contributed by atoms with Crippen molar-refractivity contribution in [2.75, 3.05) is 0 Å². The minimum Gasteiger partial charge on any atom is -0.507 e. The van der Waals surface area contributed by atoms with Crippen LogP contribution >= 0.6 is 11.3 Å². The Morgan fingerprint density at radius 2 is 2.00 bits per heavy atom. The lowest BCUT2D eigenvalue weighted by atomic mass is 10.2. The normalized spacial score (nSPS) is 10.3. The van der Waals surface area contributed by atoms with Gasteiger partial charge in [0.15, 0.2) is 0 Å². The van der Waals surface area contributed by atoms with Crippen molar-refractivity contribution in [1.82, 2.24) is 0 Å². The lowest BCUT2D eigenvalue weighted by Crippen LogP contribution is -1.89. The van der Waals surface area contributed by atoms with Gasteiger partial charge in [-0.1, -0.05) is 23.5 Å². The first-order chi connectivity index (χ1) is 5.77. The monoisotopic (exact) mass is 178 g/mol. The second-order valence-corrected chi connectivity index (χ2v) is 3.49. The highest BCUT2D eigenvalue weighted by Gasteiger charge is 1.99. The summed E-state index contributed by atoms with van der Waals surface area (Å²) < 4.78 is 0.703. The fourth-order valence-electron chi connectivity index (χ4n) is 1.09. The van der Waals surface area contributed by atoms with Gasteiger partial charge in [0.05, 0.1) is 0 Å². The number of benzene rings is 1. The van der Waals surface area contributed by atoms with Crippen LogP contribution in [-0.4, -0.2) is 5.11 Å². The molecule has 2 rings (SSSR count). The summed E-state index contributed by atoms with van der Waals surface area (Å²) in [6, 6.07) is 8.53. The summed E-state index contributed by atoms with van der Waals surface area (Å²) >= 11 is 1.14. The molecule has 0 unspecified atom stereocenters. The van der Waals surface area contributed by atoms with Crippen molar-refractivity contribution in [3.63, 3.8) is 0 Å². The summed E-state index contributed by atoms with van der Waals surface area (Å²) in [7, 11) is 0. The Bertz CT molecular complexity index is 473. The highest BCUT2D eigenvalue weighted by atomic mass is 32.1. The van der Waals surface area contributed by atoms with Gasteiger partial charge in [0.2, 0.25) is 4.74 Å². The van der Waals surface area contributed by atoms with Gasteiger partial charge in [0.25, 0.3) is 0 Å². The molecule has 0 fully saturated rings. The van der Waals surface area contributed by atoms with E-state index >= 15 is 0 Å². The molecule has 0 bridgehead atoms. The van der Waals surface area contributed by atoms with Crippen LogP contribution in [0.2, 0.25) is 0 Å². The number of fused-ring (bicyclic) bond motifs is 1. The van der Waals surface area contributed by atoms with Crippen LogP contribution in [0.1, 0.15) is 0 Å². The largest absolute Gasteiger partial charge is 0.507 e. The summed E-state index contributed by atoms with van der Waals surface area (Å²) in [5.41, 5.74) is 0. The molecule has 0 aliphatic heterocycles. The first-order valence-electron chi connectivity index (χ1n) is 3.49. The average molecular weight is 178 g/mol. The number of aromatic hydroxyl groups is 1. The molecule has 0 amide bonds. The third kappa shape index (κ3) is 1.08. The summed E-state index contributed by atoms with van der Waals surface area (Å²) in [4.78, 5) is 11.0. The fourth-order valence-corrected chi connectivity index (χ4v) is 1.91. The average Bonchev–Trinajstić information content (AvgIpc) is 2.04. The van der Waals surface area contributed by atoms with E-state index in [9.17, 15) is 9.90 Å². The third-order valence-corrected chi connectivity index (χ3v) is 2.52. The molecular weight excluding hydrogens is 172 g/mol. The molecule has 0 spiro atoms. The van der Waals surface area contributed by atoms with E-state index in [1.165, 1.54) is 6.07 Å². The van der Waals surface area contributed by atoms with Crippen LogP contribution < -0.4 is 4.74 Å². The molecule has 0 radical (unpaired) electrons. The molecule has 0 saturated carbocycles. The van der Waals surface area contributed by atoms with Gasteiger partial charge in [-0.05, 0) is 12.1 Å². The molecule has 0 aliphatic rings. The highest BCUT2D eigenvalue weighted by molar-refractivity contribution is 7.16. The van der Waals surface area contributed by atoms with E-state index < -0.39 is 0 Å². The van der Waals surface area contributed by atoms with E-state index in [-0.39, 0.29) is 10.5 Å². The SMILES string of the molecule is O=c1cc(O)c2ccccc2s1. The van der Waals surface area contributed by atoms with Crippen molar-refractivity contribution >= 4 is 21.4 Å². The summed E-state index contributed by atoms with van der Waals surface area (Å²) in [6.45, 7) is 0. The number of hydrogen-bond donors (Lipinski definition) is 1. The summed E-state index contributed by atoms with van der Waals surface area (Å²) in [6.07, 6.45) is 0. The lowest BCUT2D eigenvalue weighted by Gasteiger charge is -1.96. The summed E-state index contributed by atoms with van der Waals surface area (Å²) in [5, 5.41) is 10.1. The highest BCUT2D eigenvalue weighted by Crippen LogP contribution is 2.23. The van der Waals surface area contributed by atoms with E-state index in [1.54, 1.807) is 6.07 Å².